The Morgan fingerprint density at radius 1 is 0.972 bits per heavy atom. The van der Waals surface area contributed by atoms with E-state index in [1.54, 1.807) is 24.3 Å². The lowest BCUT2D eigenvalue weighted by atomic mass is 10.0. The van der Waals surface area contributed by atoms with Crippen LogP contribution in [0.4, 0.5) is 16.2 Å². The van der Waals surface area contributed by atoms with Crippen LogP contribution in [0.3, 0.4) is 0 Å². The van der Waals surface area contributed by atoms with Gasteiger partial charge in [0.25, 0.3) is 0 Å². The molecule has 0 spiro atoms. The maximum Gasteiger partial charge on any atom is 0.322 e. The van der Waals surface area contributed by atoms with Gasteiger partial charge in [-0.3, -0.25) is 10.3 Å². The number of urea groups is 1. The number of rotatable bonds is 6. The number of carbonyl (C=O) groups excluding carboxylic acids is 1. The third-order valence-corrected chi connectivity index (χ3v) is 9.06. The van der Waals surface area contributed by atoms with Crippen LogP contribution in [0.2, 0.25) is 0 Å². The van der Waals surface area contributed by atoms with E-state index >= 15 is 0 Å². The molecule has 36 heavy (non-hydrogen) atoms. The first kappa shape index (κ1) is 26.0. The van der Waals surface area contributed by atoms with Crippen molar-refractivity contribution in [3.63, 3.8) is 0 Å². The molecule has 0 aromatic heterocycles. The highest BCUT2D eigenvalue weighted by Crippen LogP contribution is 2.28. The lowest BCUT2D eigenvalue weighted by Gasteiger charge is -2.36. The van der Waals surface area contributed by atoms with Crippen molar-refractivity contribution in [1.29, 1.82) is 5.41 Å². The van der Waals surface area contributed by atoms with Crippen molar-refractivity contribution in [3.05, 3.63) is 54.1 Å². The van der Waals surface area contributed by atoms with Crippen molar-refractivity contribution in [2.24, 2.45) is 5.73 Å². The van der Waals surface area contributed by atoms with Crippen LogP contribution in [-0.2, 0) is 10.0 Å². The molecule has 1 saturated carbocycles. The van der Waals surface area contributed by atoms with E-state index in [9.17, 15) is 13.2 Å². The second kappa shape index (κ2) is 11.3. The van der Waals surface area contributed by atoms with Crippen LogP contribution < -0.4 is 21.7 Å². The van der Waals surface area contributed by atoms with Gasteiger partial charge >= 0.3 is 6.03 Å². The number of hydrogen-bond acceptors (Lipinski definition) is 5. The zero-order valence-electron chi connectivity index (χ0n) is 20.5. The van der Waals surface area contributed by atoms with Crippen molar-refractivity contribution < 1.29 is 13.2 Å². The molecule has 0 unspecified atom stereocenters. The van der Waals surface area contributed by atoms with Gasteiger partial charge < -0.3 is 16.8 Å². The number of nitrogen functional groups attached to an aromatic ring is 2. The normalized spacial score (nSPS) is 18.3. The monoisotopic (exact) mass is 512 g/mol. The highest BCUT2D eigenvalue weighted by molar-refractivity contribution is 7.89. The Bertz CT molecular complexity index is 1170. The van der Waals surface area contributed by atoms with E-state index in [0.717, 1.165) is 31.4 Å². The predicted octanol–water partition coefficient (Wildman–Crippen LogP) is 3.64. The molecule has 2 amide bonds. The first-order valence-electron chi connectivity index (χ1n) is 12.7. The number of amides is 2. The molecule has 4 rings (SSSR count). The molecule has 194 valence electrons. The van der Waals surface area contributed by atoms with Gasteiger partial charge in [0, 0.05) is 42.1 Å². The molecule has 9 nitrogen and oxygen atoms in total. The number of amidine groups is 1. The Balaban J connectivity index is 1.46. The van der Waals surface area contributed by atoms with Crippen LogP contribution in [0.5, 0.6) is 0 Å². The van der Waals surface area contributed by atoms with E-state index < -0.39 is 10.0 Å². The number of benzene rings is 2. The molecule has 2 aliphatic rings. The number of carbonyl (C=O) groups is 1. The fourth-order valence-electron chi connectivity index (χ4n) is 5.11. The Hall–Kier alpha value is -3.11. The zero-order valence-corrected chi connectivity index (χ0v) is 21.3. The summed E-state index contributed by atoms with van der Waals surface area (Å²) in [7, 11) is -3.60. The summed E-state index contributed by atoms with van der Waals surface area (Å²) in [5.41, 5.74) is 13.2. The van der Waals surface area contributed by atoms with E-state index in [2.05, 4.69) is 5.32 Å². The average molecular weight is 513 g/mol. The fourth-order valence-corrected chi connectivity index (χ4v) is 6.58. The van der Waals surface area contributed by atoms with Crippen LogP contribution in [0.25, 0.3) is 0 Å². The minimum absolute atomic E-state index is 0.0345. The maximum absolute atomic E-state index is 13.6. The van der Waals surface area contributed by atoms with Crippen LogP contribution in [0.1, 0.15) is 56.9 Å². The fraction of sp³-hybridized carbons (Fsp3) is 0.462. The minimum atomic E-state index is -3.60. The second-order valence-electron chi connectivity index (χ2n) is 9.68. The highest BCUT2D eigenvalue weighted by atomic mass is 32.2. The number of hydrogen-bond donors (Lipinski definition) is 4. The number of nitrogens with one attached hydrogen (secondary N) is 2. The molecular formula is C26H36N6O3S. The molecule has 2 aromatic carbocycles. The van der Waals surface area contributed by atoms with Gasteiger partial charge in [-0.05, 0) is 62.1 Å². The molecule has 1 aliphatic carbocycles. The minimum Gasteiger partial charge on any atom is -0.399 e. The SMILES string of the molecule is N=C(N)c1cccc(N(C(=O)NC2CCN(S(=O)(=O)c3ccc(N)cc3)CC2)C2CCCCCC2)c1. The quantitative estimate of drug-likeness (QED) is 0.202. The molecule has 1 heterocycles. The van der Waals surface area contributed by atoms with Gasteiger partial charge in [0.15, 0.2) is 0 Å². The van der Waals surface area contributed by atoms with Crippen LogP contribution >= 0.6 is 0 Å². The van der Waals surface area contributed by atoms with Gasteiger partial charge in [0.1, 0.15) is 5.84 Å². The second-order valence-corrected chi connectivity index (χ2v) is 11.6. The van der Waals surface area contributed by atoms with Gasteiger partial charge in [-0.15, -0.1) is 0 Å². The molecule has 10 heteroatoms. The maximum atomic E-state index is 13.6. The van der Waals surface area contributed by atoms with E-state index in [0.29, 0.717) is 37.2 Å². The molecule has 2 fully saturated rings. The Morgan fingerprint density at radius 3 is 2.22 bits per heavy atom. The lowest BCUT2D eigenvalue weighted by molar-refractivity contribution is 0.230. The summed E-state index contributed by atoms with van der Waals surface area (Å²) >= 11 is 0. The molecule has 0 atom stereocenters. The van der Waals surface area contributed by atoms with Crippen molar-refractivity contribution in [1.82, 2.24) is 9.62 Å². The largest absolute Gasteiger partial charge is 0.399 e. The Morgan fingerprint density at radius 2 is 1.61 bits per heavy atom. The van der Waals surface area contributed by atoms with Crippen molar-refractivity contribution in [3.8, 4) is 0 Å². The summed E-state index contributed by atoms with van der Waals surface area (Å²) in [4.78, 5) is 15.7. The molecule has 0 radical (unpaired) electrons. The highest BCUT2D eigenvalue weighted by Gasteiger charge is 2.32. The molecule has 0 bridgehead atoms. The average Bonchev–Trinajstić information content (AvgIpc) is 3.14. The zero-order chi connectivity index (χ0) is 25.7. The number of nitrogens with two attached hydrogens (primary N) is 2. The lowest BCUT2D eigenvalue weighted by Crippen LogP contribution is -2.52. The van der Waals surface area contributed by atoms with Gasteiger partial charge in [0.05, 0.1) is 4.90 Å². The summed E-state index contributed by atoms with van der Waals surface area (Å²) in [6, 6.07) is 13.3. The summed E-state index contributed by atoms with van der Waals surface area (Å²) in [5.74, 6) is -0.0345. The molecular weight excluding hydrogens is 476 g/mol. The Kier molecular flexibility index (Phi) is 8.15. The predicted molar refractivity (Wildman–Crippen MR) is 143 cm³/mol. The van der Waals surface area contributed by atoms with Crippen LogP contribution in [-0.4, -0.2) is 49.8 Å². The van der Waals surface area contributed by atoms with E-state index in [1.807, 2.05) is 17.0 Å². The van der Waals surface area contributed by atoms with Crippen LogP contribution in [0.15, 0.2) is 53.4 Å². The molecule has 1 aliphatic heterocycles. The summed E-state index contributed by atoms with van der Waals surface area (Å²) in [6.45, 7) is 0.668. The molecule has 2 aromatic rings. The van der Waals surface area contributed by atoms with Gasteiger partial charge in [-0.1, -0.05) is 37.8 Å². The number of piperidine rings is 1. The first-order valence-corrected chi connectivity index (χ1v) is 14.1. The summed E-state index contributed by atoms with van der Waals surface area (Å²) in [6.07, 6.45) is 7.40. The summed E-state index contributed by atoms with van der Waals surface area (Å²) < 4.78 is 27.5. The third kappa shape index (κ3) is 5.99. The topological polar surface area (TPSA) is 146 Å². The standard InChI is InChI=1S/C26H36N6O3S/c27-20-10-12-24(13-11-20)36(34,35)31-16-14-21(15-17-31)30-26(33)32(22-7-3-1-2-4-8-22)23-9-5-6-19(18-23)25(28)29/h5-6,9-13,18,21-22H,1-4,7-8,14-17,27H2,(H3,28,29)(H,30,33). The number of anilines is 2. The molecule has 6 N–H and O–H groups in total. The van der Waals surface area contributed by atoms with Gasteiger partial charge in [0.2, 0.25) is 10.0 Å². The summed E-state index contributed by atoms with van der Waals surface area (Å²) in [5, 5.41) is 11.0. The first-order chi connectivity index (χ1) is 17.3. The van der Waals surface area contributed by atoms with E-state index in [-0.39, 0.29) is 28.8 Å². The van der Waals surface area contributed by atoms with E-state index in [1.165, 1.54) is 29.3 Å². The smallest absolute Gasteiger partial charge is 0.322 e. The van der Waals surface area contributed by atoms with Gasteiger partial charge in [-0.2, -0.15) is 4.31 Å². The number of sulfonamides is 1. The van der Waals surface area contributed by atoms with Gasteiger partial charge in [-0.25, -0.2) is 13.2 Å². The van der Waals surface area contributed by atoms with Crippen molar-refractivity contribution in [2.75, 3.05) is 23.7 Å². The third-order valence-electron chi connectivity index (χ3n) is 7.14. The Labute approximate surface area is 213 Å². The number of nitrogens with zero attached hydrogens (tertiary/aromatic N) is 2. The van der Waals surface area contributed by atoms with E-state index in [4.69, 9.17) is 16.9 Å². The van der Waals surface area contributed by atoms with Crippen molar-refractivity contribution >= 4 is 33.3 Å². The van der Waals surface area contributed by atoms with Crippen LogP contribution in [0, 0.1) is 5.41 Å². The molecule has 1 saturated heterocycles. The van der Waals surface area contributed by atoms with Crippen molar-refractivity contribution in [2.45, 2.75) is 68.3 Å².